The number of benzene rings is 2. The number of hydrogen-bond acceptors (Lipinski definition) is 5. The highest BCUT2D eigenvalue weighted by molar-refractivity contribution is 7.90. The predicted octanol–water partition coefficient (Wildman–Crippen LogP) is 3.46. The minimum Gasteiger partial charge on any atom is -0.350 e. The molecular weight excluding hydrogens is 460 g/mol. The number of hydrogen-bond donors (Lipinski definition) is 1. The number of amides is 1. The van der Waals surface area contributed by atoms with E-state index in [0.717, 1.165) is 43.1 Å². The summed E-state index contributed by atoms with van der Waals surface area (Å²) in [5, 5.41) is 2.92. The molecule has 2 aromatic rings. The molecule has 0 radical (unpaired) electrons. The van der Waals surface area contributed by atoms with E-state index in [-0.39, 0.29) is 23.3 Å². The number of nitrogens with one attached hydrogen (secondary N) is 1. The maximum Gasteiger partial charge on any atom is 0.243 e. The summed E-state index contributed by atoms with van der Waals surface area (Å²) in [4.78, 5) is 12.9. The Bertz CT molecular complexity index is 1150. The van der Waals surface area contributed by atoms with Gasteiger partial charge in [0.25, 0.3) is 0 Å². The average molecular weight is 493 g/mol. The summed E-state index contributed by atoms with van der Waals surface area (Å²) < 4.78 is 50.5. The van der Waals surface area contributed by atoms with Crippen LogP contribution in [0.5, 0.6) is 0 Å². The molecule has 1 heterocycles. The van der Waals surface area contributed by atoms with E-state index < -0.39 is 19.9 Å². The molecule has 0 unspecified atom stereocenters. The molecule has 1 aliphatic rings. The maximum atomic E-state index is 12.9. The number of sulfonamides is 1. The van der Waals surface area contributed by atoms with Crippen LogP contribution in [0.3, 0.4) is 0 Å². The number of carbonyl (C=O) groups is 1. The number of sulfone groups is 1. The summed E-state index contributed by atoms with van der Waals surface area (Å²) in [5.74, 6) is -0.129. The molecule has 0 saturated carbocycles. The molecule has 1 N–H and O–H groups in total. The van der Waals surface area contributed by atoms with Crippen molar-refractivity contribution in [1.82, 2.24) is 9.62 Å². The van der Waals surface area contributed by atoms with Crippen LogP contribution >= 0.6 is 0 Å². The van der Waals surface area contributed by atoms with Gasteiger partial charge in [-0.25, -0.2) is 16.8 Å². The third-order valence-electron chi connectivity index (χ3n) is 5.95. The number of nitrogens with zero attached hydrogens (tertiary/aromatic N) is 1. The largest absolute Gasteiger partial charge is 0.350 e. The van der Waals surface area contributed by atoms with E-state index in [2.05, 4.69) is 5.32 Å². The van der Waals surface area contributed by atoms with Gasteiger partial charge in [-0.2, -0.15) is 4.31 Å². The lowest BCUT2D eigenvalue weighted by Gasteiger charge is -2.20. The Morgan fingerprint density at radius 3 is 1.97 bits per heavy atom. The normalized spacial score (nSPS) is 16.7. The fourth-order valence-electron chi connectivity index (χ4n) is 3.92. The highest BCUT2D eigenvalue weighted by atomic mass is 32.2. The van der Waals surface area contributed by atoms with E-state index in [0.29, 0.717) is 24.4 Å². The van der Waals surface area contributed by atoms with Crippen LogP contribution in [0.1, 0.15) is 56.2 Å². The van der Waals surface area contributed by atoms with E-state index in [1.165, 1.54) is 12.1 Å². The molecule has 0 bridgehead atoms. The Morgan fingerprint density at radius 1 is 0.879 bits per heavy atom. The first-order valence-corrected chi connectivity index (χ1v) is 14.6. The quantitative estimate of drug-likeness (QED) is 0.608. The molecular formula is C24H32N2O5S2. The molecule has 1 amide bonds. The number of aryl methyl sites for hydroxylation is 1. The van der Waals surface area contributed by atoms with Crippen molar-refractivity contribution in [3.8, 4) is 0 Å². The minimum absolute atomic E-state index is 0.129. The smallest absolute Gasteiger partial charge is 0.243 e. The number of carbonyl (C=O) groups excluding carboxylic acids is 1. The highest BCUT2D eigenvalue weighted by Gasteiger charge is 2.25. The Morgan fingerprint density at radius 2 is 1.42 bits per heavy atom. The molecule has 1 fully saturated rings. The van der Waals surface area contributed by atoms with Gasteiger partial charge in [-0.05, 0) is 61.6 Å². The lowest BCUT2D eigenvalue weighted by molar-refractivity contribution is -0.121. The topological polar surface area (TPSA) is 101 Å². The van der Waals surface area contributed by atoms with Crippen molar-refractivity contribution in [1.29, 1.82) is 0 Å². The second kappa shape index (κ2) is 10.8. The van der Waals surface area contributed by atoms with Crippen LogP contribution in [0, 0.1) is 0 Å². The van der Waals surface area contributed by atoms with Crippen LogP contribution in [-0.4, -0.2) is 46.4 Å². The van der Waals surface area contributed by atoms with Crippen LogP contribution in [0.2, 0.25) is 0 Å². The molecule has 1 atom stereocenters. The third kappa shape index (κ3) is 6.88. The zero-order valence-corrected chi connectivity index (χ0v) is 20.8. The molecule has 7 nitrogen and oxygen atoms in total. The van der Waals surface area contributed by atoms with Gasteiger partial charge in [0.05, 0.1) is 15.8 Å². The SMILES string of the molecule is C[C@@H](NC(=O)CCc1ccc(S(=O)(=O)N2CCCCCC2)cc1)c1ccc(S(C)(=O)=O)cc1. The second-order valence-corrected chi connectivity index (χ2v) is 12.5. The fourth-order valence-corrected chi connectivity index (χ4v) is 6.07. The fraction of sp³-hybridized carbons (Fsp3) is 0.458. The first-order valence-electron chi connectivity index (χ1n) is 11.3. The molecule has 2 aromatic carbocycles. The van der Waals surface area contributed by atoms with Crippen LogP contribution in [-0.2, 0) is 31.1 Å². The molecule has 1 aliphatic heterocycles. The highest BCUT2D eigenvalue weighted by Crippen LogP contribution is 2.21. The van der Waals surface area contributed by atoms with Gasteiger partial charge in [0.2, 0.25) is 15.9 Å². The number of rotatable bonds is 8. The van der Waals surface area contributed by atoms with Gasteiger partial charge < -0.3 is 5.32 Å². The summed E-state index contributed by atoms with van der Waals surface area (Å²) >= 11 is 0. The maximum absolute atomic E-state index is 12.9. The van der Waals surface area contributed by atoms with Crippen molar-refractivity contribution in [3.05, 3.63) is 59.7 Å². The molecule has 33 heavy (non-hydrogen) atoms. The van der Waals surface area contributed by atoms with Gasteiger partial charge in [0.1, 0.15) is 0 Å². The van der Waals surface area contributed by atoms with Gasteiger partial charge in [-0.1, -0.05) is 37.1 Å². The third-order valence-corrected chi connectivity index (χ3v) is 8.99. The molecule has 0 spiro atoms. The van der Waals surface area contributed by atoms with Crippen LogP contribution in [0.15, 0.2) is 58.3 Å². The lowest BCUT2D eigenvalue weighted by Crippen LogP contribution is -2.31. The van der Waals surface area contributed by atoms with Crippen molar-refractivity contribution < 1.29 is 21.6 Å². The van der Waals surface area contributed by atoms with Crippen molar-refractivity contribution in [2.24, 2.45) is 0 Å². The minimum atomic E-state index is -3.48. The van der Waals surface area contributed by atoms with Crippen LogP contribution in [0.25, 0.3) is 0 Å². The molecule has 3 rings (SSSR count). The van der Waals surface area contributed by atoms with E-state index in [4.69, 9.17) is 0 Å². The molecule has 0 aromatic heterocycles. The lowest BCUT2D eigenvalue weighted by atomic mass is 10.1. The molecule has 0 aliphatic carbocycles. The van der Waals surface area contributed by atoms with Gasteiger partial charge in [-0.3, -0.25) is 4.79 Å². The zero-order valence-electron chi connectivity index (χ0n) is 19.2. The van der Waals surface area contributed by atoms with E-state index in [1.54, 1.807) is 40.7 Å². The van der Waals surface area contributed by atoms with Gasteiger partial charge >= 0.3 is 0 Å². The monoisotopic (exact) mass is 492 g/mol. The first kappa shape index (κ1) is 25.4. The van der Waals surface area contributed by atoms with Crippen LogP contribution in [0.4, 0.5) is 0 Å². The van der Waals surface area contributed by atoms with Crippen molar-refractivity contribution in [2.75, 3.05) is 19.3 Å². The summed E-state index contributed by atoms with van der Waals surface area (Å²) in [6, 6.07) is 13.0. The van der Waals surface area contributed by atoms with Crippen molar-refractivity contribution in [2.45, 2.75) is 61.3 Å². The standard InChI is InChI=1S/C24H32N2O5S2/c1-19(21-10-14-22(15-11-21)32(2,28)29)25-24(27)16-9-20-7-12-23(13-8-20)33(30,31)26-17-5-3-4-6-18-26/h7-8,10-15,19H,3-6,9,16-18H2,1-2H3,(H,25,27)/t19-/m1/s1. The first-order chi connectivity index (χ1) is 15.6. The second-order valence-electron chi connectivity index (χ2n) is 8.59. The van der Waals surface area contributed by atoms with Crippen LogP contribution < -0.4 is 5.32 Å². The zero-order chi connectivity index (χ0) is 24.1. The van der Waals surface area contributed by atoms with Gasteiger partial charge in [0, 0.05) is 25.8 Å². The van der Waals surface area contributed by atoms with Gasteiger partial charge in [-0.15, -0.1) is 0 Å². The Kier molecular flexibility index (Phi) is 8.31. The summed E-state index contributed by atoms with van der Waals surface area (Å²) in [5.41, 5.74) is 1.71. The predicted molar refractivity (Wildman–Crippen MR) is 128 cm³/mol. The average Bonchev–Trinajstić information content (AvgIpc) is 3.08. The summed E-state index contributed by atoms with van der Waals surface area (Å²) in [6.45, 7) is 2.98. The Balaban J connectivity index is 1.54. The van der Waals surface area contributed by atoms with Crippen molar-refractivity contribution in [3.63, 3.8) is 0 Å². The molecule has 9 heteroatoms. The summed E-state index contributed by atoms with van der Waals surface area (Å²) in [6.07, 6.45) is 5.85. The molecule has 180 valence electrons. The Hall–Kier alpha value is -2.23. The van der Waals surface area contributed by atoms with E-state index in [9.17, 15) is 21.6 Å². The molecule has 1 saturated heterocycles. The van der Waals surface area contributed by atoms with E-state index in [1.807, 2.05) is 6.92 Å². The van der Waals surface area contributed by atoms with E-state index >= 15 is 0 Å². The van der Waals surface area contributed by atoms with Crippen molar-refractivity contribution >= 4 is 25.8 Å². The Labute approximate surface area is 197 Å². The summed E-state index contributed by atoms with van der Waals surface area (Å²) in [7, 11) is -6.73. The van der Waals surface area contributed by atoms with Gasteiger partial charge in [0.15, 0.2) is 9.84 Å².